The normalized spacial score (nSPS) is 12.5. The molecule has 0 saturated carbocycles. The van der Waals surface area contributed by atoms with Gasteiger partial charge in [0.25, 0.3) is 0 Å². The molecular formula is C11H14BrFN2. The van der Waals surface area contributed by atoms with Crippen molar-refractivity contribution in [3.63, 3.8) is 0 Å². The van der Waals surface area contributed by atoms with E-state index in [1.165, 1.54) is 12.1 Å². The van der Waals surface area contributed by atoms with E-state index in [0.717, 1.165) is 10.0 Å². The van der Waals surface area contributed by atoms with E-state index in [1.54, 1.807) is 12.1 Å². The first-order valence-corrected chi connectivity index (χ1v) is 5.47. The summed E-state index contributed by atoms with van der Waals surface area (Å²) in [6, 6.07) is 4.52. The molecule has 0 spiro atoms. The number of hydrogen-bond acceptors (Lipinski definition) is 2. The highest BCUT2D eigenvalue weighted by Gasteiger charge is 2.12. The first kappa shape index (κ1) is 12.4. The lowest BCUT2D eigenvalue weighted by Gasteiger charge is -2.17. The summed E-state index contributed by atoms with van der Waals surface area (Å²) in [5.41, 5.74) is 6.46. The van der Waals surface area contributed by atoms with Crippen molar-refractivity contribution in [1.82, 2.24) is 5.32 Å². The number of benzene rings is 1. The molecule has 0 amide bonds. The highest BCUT2D eigenvalue weighted by Crippen LogP contribution is 2.23. The van der Waals surface area contributed by atoms with Gasteiger partial charge in [-0.1, -0.05) is 22.0 Å². The third-order valence-corrected chi connectivity index (χ3v) is 2.80. The molecule has 0 saturated heterocycles. The summed E-state index contributed by atoms with van der Waals surface area (Å²) in [6.07, 6.45) is 1.75. The van der Waals surface area contributed by atoms with Gasteiger partial charge in [0.2, 0.25) is 0 Å². The minimum Gasteiger partial charge on any atom is -0.329 e. The fourth-order valence-corrected chi connectivity index (χ4v) is 1.85. The minimum atomic E-state index is -0.257. The van der Waals surface area contributed by atoms with Gasteiger partial charge < -0.3 is 11.1 Å². The fraction of sp³-hybridized carbons (Fsp3) is 0.273. The Hall–Kier alpha value is -0.710. The molecule has 0 heterocycles. The molecule has 0 radical (unpaired) electrons. The lowest BCUT2D eigenvalue weighted by molar-refractivity contribution is 0.564. The summed E-state index contributed by atoms with van der Waals surface area (Å²) in [7, 11) is 0. The first-order chi connectivity index (χ1) is 7.19. The largest absolute Gasteiger partial charge is 0.329 e. The van der Waals surface area contributed by atoms with Gasteiger partial charge in [-0.15, -0.1) is 6.58 Å². The van der Waals surface area contributed by atoms with Crippen LogP contribution in [0.5, 0.6) is 0 Å². The average Bonchev–Trinajstić information content (AvgIpc) is 2.24. The Morgan fingerprint density at radius 2 is 2.33 bits per heavy atom. The van der Waals surface area contributed by atoms with E-state index in [0.29, 0.717) is 13.1 Å². The zero-order valence-electron chi connectivity index (χ0n) is 8.34. The zero-order valence-corrected chi connectivity index (χ0v) is 9.93. The van der Waals surface area contributed by atoms with Crippen LogP contribution >= 0.6 is 15.9 Å². The molecule has 4 heteroatoms. The molecule has 0 aliphatic carbocycles. The molecule has 3 N–H and O–H groups in total. The molecule has 0 bridgehead atoms. The molecule has 1 unspecified atom stereocenters. The predicted molar refractivity (Wildman–Crippen MR) is 64.1 cm³/mol. The molecular weight excluding hydrogens is 259 g/mol. The summed E-state index contributed by atoms with van der Waals surface area (Å²) in [4.78, 5) is 0. The van der Waals surface area contributed by atoms with E-state index in [4.69, 9.17) is 5.73 Å². The zero-order chi connectivity index (χ0) is 11.3. The van der Waals surface area contributed by atoms with E-state index in [-0.39, 0.29) is 11.9 Å². The number of nitrogens with one attached hydrogen (secondary N) is 1. The van der Waals surface area contributed by atoms with Crippen LogP contribution < -0.4 is 11.1 Å². The second kappa shape index (κ2) is 6.00. The van der Waals surface area contributed by atoms with Crippen LogP contribution in [0.3, 0.4) is 0 Å². The molecule has 1 aromatic carbocycles. The third-order valence-electron chi connectivity index (χ3n) is 2.08. The quantitative estimate of drug-likeness (QED) is 0.808. The molecule has 0 fully saturated rings. The van der Waals surface area contributed by atoms with Gasteiger partial charge in [0, 0.05) is 23.6 Å². The van der Waals surface area contributed by atoms with E-state index < -0.39 is 0 Å². The van der Waals surface area contributed by atoms with Crippen molar-refractivity contribution in [1.29, 1.82) is 0 Å². The highest BCUT2D eigenvalue weighted by molar-refractivity contribution is 9.10. The Labute approximate surface area is 97.5 Å². The Bertz CT molecular complexity index is 341. The van der Waals surface area contributed by atoms with E-state index >= 15 is 0 Å². The van der Waals surface area contributed by atoms with Gasteiger partial charge in [0.15, 0.2) is 0 Å². The van der Waals surface area contributed by atoms with Crippen molar-refractivity contribution in [3.05, 3.63) is 46.7 Å². The van der Waals surface area contributed by atoms with Crippen LogP contribution in [0.25, 0.3) is 0 Å². The molecule has 1 atom stereocenters. The van der Waals surface area contributed by atoms with Crippen molar-refractivity contribution in [2.45, 2.75) is 6.04 Å². The summed E-state index contributed by atoms with van der Waals surface area (Å²) in [5, 5.41) is 3.16. The Kier molecular flexibility index (Phi) is 4.94. The maximum absolute atomic E-state index is 13.1. The predicted octanol–water partition coefficient (Wildman–Crippen LogP) is 2.36. The van der Waals surface area contributed by atoms with Crippen LogP contribution in [-0.2, 0) is 0 Å². The molecule has 1 aromatic rings. The minimum absolute atomic E-state index is 0.0620. The van der Waals surface area contributed by atoms with Gasteiger partial charge in [-0.05, 0) is 23.8 Å². The standard InChI is InChI=1S/C11H14BrFN2/c1-2-5-15-11(7-14)9-6-8(13)3-4-10(9)12/h2-4,6,11,15H,1,5,7,14H2. The maximum atomic E-state index is 13.1. The lowest BCUT2D eigenvalue weighted by atomic mass is 10.1. The van der Waals surface area contributed by atoms with Gasteiger partial charge >= 0.3 is 0 Å². The molecule has 1 rings (SSSR count). The lowest BCUT2D eigenvalue weighted by Crippen LogP contribution is -2.28. The van der Waals surface area contributed by atoms with Gasteiger partial charge in [-0.3, -0.25) is 0 Å². The maximum Gasteiger partial charge on any atom is 0.123 e. The van der Waals surface area contributed by atoms with Crippen LogP contribution in [0, 0.1) is 5.82 Å². The molecule has 82 valence electrons. The third kappa shape index (κ3) is 3.41. The number of rotatable bonds is 5. The topological polar surface area (TPSA) is 38.0 Å². The molecule has 0 aliphatic heterocycles. The Morgan fingerprint density at radius 1 is 1.60 bits per heavy atom. The second-order valence-electron chi connectivity index (χ2n) is 3.15. The van der Waals surface area contributed by atoms with Gasteiger partial charge in [-0.2, -0.15) is 0 Å². The summed E-state index contributed by atoms with van der Waals surface area (Å²) < 4.78 is 13.9. The highest BCUT2D eigenvalue weighted by atomic mass is 79.9. The Balaban J connectivity index is 2.89. The molecule has 0 aromatic heterocycles. The van der Waals surface area contributed by atoms with Crippen LogP contribution in [0.15, 0.2) is 35.3 Å². The van der Waals surface area contributed by atoms with Crippen LogP contribution in [0.1, 0.15) is 11.6 Å². The summed E-state index contributed by atoms with van der Waals surface area (Å²) in [6.45, 7) is 4.67. The van der Waals surface area contributed by atoms with Crippen molar-refractivity contribution >= 4 is 15.9 Å². The number of hydrogen-bond donors (Lipinski definition) is 2. The summed E-state index contributed by atoms with van der Waals surface area (Å²) >= 11 is 3.38. The summed E-state index contributed by atoms with van der Waals surface area (Å²) in [5.74, 6) is -0.257. The van der Waals surface area contributed by atoms with Crippen molar-refractivity contribution in [2.24, 2.45) is 5.73 Å². The van der Waals surface area contributed by atoms with E-state index in [9.17, 15) is 4.39 Å². The van der Waals surface area contributed by atoms with Gasteiger partial charge in [0.05, 0.1) is 0 Å². The molecule has 0 aliphatic rings. The smallest absolute Gasteiger partial charge is 0.123 e. The van der Waals surface area contributed by atoms with Crippen LogP contribution in [0.2, 0.25) is 0 Å². The molecule has 15 heavy (non-hydrogen) atoms. The van der Waals surface area contributed by atoms with Crippen molar-refractivity contribution < 1.29 is 4.39 Å². The van der Waals surface area contributed by atoms with Gasteiger partial charge in [-0.25, -0.2) is 4.39 Å². The van der Waals surface area contributed by atoms with Crippen LogP contribution in [-0.4, -0.2) is 13.1 Å². The number of nitrogens with two attached hydrogens (primary N) is 1. The van der Waals surface area contributed by atoms with E-state index in [2.05, 4.69) is 27.8 Å². The first-order valence-electron chi connectivity index (χ1n) is 4.68. The van der Waals surface area contributed by atoms with Crippen molar-refractivity contribution in [2.75, 3.05) is 13.1 Å². The number of halogens is 2. The van der Waals surface area contributed by atoms with Crippen molar-refractivity contribution in [3.8, 4) is 0 Å². The fourth-order valence-electron chi connectivity index (χ4n) is 1.33. The monoisotopic (exact) mass is 272 g/mol. The van der Waals surface area contributed by atoms with Crippen LogP contribution in [0.4, 0.5) is 4.39 Å². The van der Waals surface area contributed by atoms with Gasteiger partial charge in [0.1, 0.15) is 5.82 Å². The SMILES string of the molecule is C=CCNC(CN)c1cc(F)ccc1Br. The molecule has 2 nitrogen and oxygen atoms in total. The second-order valence-corrected chi connectivity index (χ2v) is 4.01. The van der Waals surface area contributed by atoms with E-state index in [1.807, 2.05) is 0 Å². The average molecular weight is 273 g/mol. The Morgan fingerprint density at radius 3 is 2.93 bits per heavy atom.